The molecule has 0 fully saturated rings. The Kier molecular flexibility index (Phi) is 5.21. The highest BCUT2D eigenvalue weighted by atomic mass is 32.2. The third-order valence-corrected chi connectivity index (χ3v) is 5.24. The third kappa shape index (κ3) is 4.38. The second kappa shape index (κ2) is 8.10. The number of fused-ring (bicyclic) bond motifs is 1. The summed E-state index contributed by atoms with van der Waals surface area (Å²) in [7, 11) is 0. The van der Waals surface area contributed by atoms with E-state index in [2.05, 4.69) is 28.6 Å². The van der Waals surface area contributed by atoms with Gasteiger partial charge in [0.1, 0.15) is 0 Å². The third-order valence-electron chi connectivity index (χ3n) is 4.24. The van der Waals surface area contributed by atoms with E-state index in [1.54, 1.807) is 18.0 Å². The van der Waals surface area contributed by atoms with Crippen molar-refractivity contribution in [2.24, 2.45) is 0 Å². The minimum atomic E-state index is 0.0171. The highest BCUT2D eigenvalue weighted by molar-refractivity contribution is 7.99. The first kappa shape index (κ1) is 17.4. The highest BCUT2D eigenvalue weighted by Gasteiger charge is 2.04. The molecular formula is C22H19N3OS. The van der Waals surface area contributed by atoms with Crippen LogP contribution in [0.5, 0.6) is 0 Å². The van der Waals surface area contributed by atoms with Crippen molar-refractivity contribution in [1.82, 2.24) is 9.78 Å². The minimum Gasteiger partial charge on any atom is -0.325 e. The van der Waals surface area contributed by atoms with Gasteiger partial charge in [0, 0.05) is 23.8 Å². The maximum Gasteiger partial charge on any atom is 0.234 e. The average molecular weight is 373 g/mol. The Bertz CT molecular complexity index is 1040. The lowest BCUT2D eigenvalue weighted by molar-refractivity contribution is -0.113. The minimum absolute atomic E-state index is 0.0171. The number of hydrogen-bond acceptors (Lipinski definition) is 3. The molecule has 0 atom stereocenters. The van der Waals surface area contributed by atoms with Gasteiger partial charge in [-0.1, -0.05) is 42.5 Å². The Labute approximate surface area is 162 Å². The van der Waals surface area contributed by atoms with Crippen LogP contribution in [-0.4, -0.2) is 21.4 Å². The number of nitrogens with zero attached hydrogens (tertiary/aromatic N) is 2. The maximum atomic E-state index is 12.2. The molecule has 1 N–H and O–H groups in total. The number of benzene rings is 3. The van der Waals surface area contributed by atoms with Gasteiger partial charge < -0.3 is 5.32 Å². The molecule has 0 aliphatic rings. The summed E-state index contributed by atoms with van der Waals surface area (Å²) >= 11 is 1.61. The van der Waals surface area contributed by atoms with Crippen LogP contribution in [0.15, 0.2) is 85.2 Å². The molecule has 0 radical (unpaired) electrons. The molecular weight excluding hydrogens is 354 g/mol. The molecule has 0 aliphatic heterocycles. The topological polar surface area (TPSA) is 46.9 Å². The van der Waals surface area contributed by atoms with E-state index >= 15 is 0 Å². The van der Waals surface area contributed by atoms with Gasteiger partial charge in [0.25, 0.3) is 0 Å². The summed E-state index contributed by atoms with van der Waals surface area (Å²) in [6.07, 6.45) is 3.68. The van der Waals surface area contributed by atoms with Crippen LogP contribution < -0.4 is 5.32 Å². The molecule has 4 nitrogen and oxygen atoms in total. The second-order valence-corrected chi connectivity index (χ2v) is 7.21. The summed E-state index contributed by atoms with van der Waals surface area (Å²) in [4.78, 5) is 12.2. The van der Waals surface area contributed by atoms with Crippen molar-refractivity contribution < 1.29 is 4.79 Å². The normalized spacial score (nSPS) is 10.8. The predicted octanol–water partition coefficient (Wildman–Crippen LogP) is 4.90. The molecule has 5 heteroatoms. The van der Waals surface area contributed by atoms with Gasteiger partial charge in [-0.05, 0) is 46.7 Å². The molecule has 1 aromatic heterocycles. The van der Waals surface area contributed by atoms with Crippen LogP contribution in [0, 0.1) is 0 Å². The van der Waals surface area contributed by atoms with Crippen LogP contribution in [0.2, 0.25) is 0 Å². The largest absolute Gasteiger partial charge is 0.325 e. The quantitative estimate of drug-likeness (QED) is 0.523. The number of amides is 1. The Morgan fingerprint density at radius 1 is 0.963 bits per heavy atom. The number of anilines is 1. The summed E-state index contributed by atoms with van der Waals surface area (Å²) in [5.74, 6) is 1.24. The first-order valence-electron chi connectivity index (χ1n) is 8.73. The number of hydrogen-bond donors (Lipinski definition) is 1. The molecule has 0 saturated carbocycles. The van der Waals surface area contributed by atoms with Crippen LogP contribution >= 0.6 is 11.8 Å². The average Bonchev–Trinajstić information content (AvgIpc) is 3.23. The van der Waals surface area contributed by atoms with Crippen LogP contribution in [0.25, 0.3) is 16.5 Å². The predicted molar refractivity (Wildman–Crippen MR) is 112 cm³/mol. The van der Waals surface area contributed by atoms with E-state index in [0.29, 0.717) is 5.75 Å². The van der Waals surface area contributed by atoms with E-state index in [1.165, 1.54) is 10.9 Å². The highest BCUT2D eigenvalue weighted by Crippen LogP contribution is 2.20. The van der Waals surface area contributed by atoms with Gasteiger partial charge >= 0.3 is 0 Å². The lowest BCUT2D eigenvalue weighted by Crippen LogP contribution is -2.14. The zero-order valence-corrected chi connectivity index (χ0v) is 15.5. The molecule has 4 aromatic rings. The van der Waals surface area contributed by atoms with Crippen molar-refractivity contribution in [2.45, 2.75) is 5.75 Å². The van der Waals surface area contributed by atoms with Crippen molar-refractivity contribution in [1.29, 1.82) is 0 Å². The van der Waals surface area contributed by atoms with Crippen LogP contribution in [0.1, 0.15) is 5.56 Å². The Morgan fingerprint density at radius 2 is 1.78 bits per heavy atom. The van der Waals surface area contributed by atoms with Crippen LogP contribution in [-0.2, 0) is 10.5 Å². The summed E-state index contributed by atoms with van der Waals surface area (Å²) in [6, 6.07) is 24.2. The first-order valence-corrected chi connectivity index (χ1v) is 9.89. The molecule has 1 amide bonds. The SMILES string of the molecule is O=C(CSCc1ccc(-n2cccn2)cc1)Nc1ccc2ccccc2c1. The van der Waals surface area contributed by atoms with E-state index in [1.807, 2.05) is 65.5 Å². The fraction of sp³-hybridized carbons (Fsp3) is 0.0909. The fourth-order valence-electron chi connectivity index (χ4n) is 2.89. The lowest BCUT2D eigenvalue weighted by Gasteiger charge is -2.07. The summed E-state index contributed by atoms with van der Waals surface area (Å²) in [6.45, 7) is 0. The lowest BCUT2D eigenvalue weighted by atomic mass is 10.1. The molecule has 0 unspecified atom stereocenters. The van der Waals surface area contributed by atoms with Gasteiger partial charge in [-0.15, -0.1) is 11.8 Å². The van der Waals surface area contributed by atoms with Crippen molar-refractivity contribution in [3.63, 3.8) is 0 Å². The van der Waals surface area contributed by atoms with Crippen molar-refractivity contribution in [2.75, 3.05) is 11.1 Å². The summed E-state index contributed by atoms with van der Waals surface area (Å²) < 4.78 is 1.83. The Balaban J connectivity index is 1.28. The first-order chi connectivity index (χ1) is 13.3. The van der Waals surface area contributed by atoms with Crippen molar-refractivity contribution in [3.8, 4) is 5.69 Å². The molecule has 27 heavy (non-hydrogen) atoms. The van der Waals surface area contributed by atoms with Crippen molar-refractivity contribution in [3.05, 3.63) is 90.8 Å². The van der Waals surface area contributed by atoms with Gasteiger partial charge in [0.05, 0.1) is 11.4 Å². The number of aromatic nitrogens is 2. The van der Waals surface area contributed by atoms with Gasteiger partial charge in [0.15, 0.2) is 0 Å². The van der Waals surface area contributed by atoms with Gasteiger partial charge in [-0.2, -0.15) is 5.10 Å². The summed E-state index contributed by atoms with van der Waals surface area (Å²) in [5, 5.41) is 9.49. The number of rotatable bonds is 6. The zero-order valence-electron chi connectivity index (χ0n) is 14.7. The molecule has 0 saturated heterocycles. The van der Waals surface area contributed by atoms with Crippen molar-refractivity contribution >= 4 is 34.1 Å². The van der Waals surface area contributed by atoms with Crippen LogP contribution in [0.3, 0.4) is 0 Å². The number of thioether (sulfide) groups is 1. The molecule has 1 heterocycles. The molecule has 3 aromatic carbocycles. The zero-order chi connectivity index (χ0) is 18.5. The van der Waals surface area contributed by atoms with Gasteiger partial charge in [-0.3, -0.25) is 4.79 Å². The molecule has 134 valence electrons. The maximum absolute atomic E-state index is 12.2. The molecule has 0 bridgehead atoms. The van der Waals surface area contributed by atoms with E-state index in [9.17, 15) is 4.79 Å². The number of carbonyl (C=O) groups is 1. The Morgan fingerprint density at radius 3 is 2.56 bits per heavy atom. The van der Waals surface area contributed by atoms with Crippen LogP contribution in [0.4, 0.5) is 5.69 Å². The fourth-order valence-corrected chi connectivity index (χ4v) is 3.68. The number of carbonyl (C=O) groups excluding carboxylic acids is 1. The van der Waals surface area contributed by atoms with E-state index in [4.69, 9.17) is 0 Å². The standard InChI is InChI=1S/C22H19N3OS/c26-22(24-20-9-8-18-4-1-2-5-19(18)14-20)16-27-15-17-6-10-21(11-7-17)25-13-3-12-23-25/h1-14H,15-16H2,(H,24,26). The van der Waals surface area contributed by atoms with E-state index < -0.39 is 0 Å². The monoisotopic (exact) mass is 373 g/mol. The van der Waals surface area contributed by atoms with Gasteiger partial charge in [-0.25, -0.2) is 4.68 Å². The smallest absolute Gasteiger partial charge is 0.234 e. The Hall–Kier alpha value is -3.05. The second-order valence-electron chi connectivity index (χ2n) is 6.22. The number of nitrogens with one attached hydrogen (secondary N) is 1. The van der Waals surface area contributed by atoms with E-state index in [0.717, 1.165) is 22.5 Å². The van der Waals surface area contributed by atoms with E-state index in [-0.39, 0.29) is 5.91 Å². The summed E-state index contributed by atoms with van der Waals surface area (Å²) in [5.41, 5.74) is 3.06. The molecule has 0 spiro atoms. The molecule has 0 aliphatic carbocycles. The van der Waals surface area contributed by atoms with Gasteiger partial charge in [0.2, 0.25) is 5.91 Å². The molecule has 4 rings (SSSR count).